The molecule has 0 unspecified atom stereocenters. The topological polar surface area (TPSA) is 69.9 Å². The van der Waals surface area contributed by atoms with Crippen LogP contribution in [0.3, 0.4) is 0 Å². The van der Waals surface area contributed by atoms with Crippen LogP contribution in [0.25, 0.3) is 21.9 Å². The van der Waals surface area contributed by atoms with Crippen molar-refractivity contribution in [3.8, 4) is 17.2 Å². The highest BCUT2D eigenvalue weighted by Gasteiger charge is 2.13. The number of nitrogens with one attached hydrogen (secondary N) is 1. The van der Waals surface area contributed by atoms with E-state index >= 15 is 0 Å². The Morgan fingerprint density at radius 3 is 2.75 bits per heavy atom. The molecular weight excluding hydrogens is 358 g/mol. The third kappa shape index (κ3) is 3.09. The van der Waals surface area contributed by atoms with E-state index in [4.69, 9.17) is 18.6 Å². The van der Waals surface area contributed by atoms with Gasteiger partial charge in [0.15, 0.2) is 18.1 Å². The predicted molar refractivity (Wildman–Crippen MR) is 104 cm³/mol. The summed E-state index contributed by atoms with van der Waals surface area (Å²) in [6.45, 7) is 0.561. The molecule has 0 bridgehead atoms. The van der Waals surface area contributed by atoms with Crippen molar-refractivity contribution in [2.45, 2.75) is 6.54 Å². The van der Waals surface area contributed by atoms with Gasteiger partial charge in [0.1, 0.15) is 16.9 Å². The fourth-order valence-electron chi connectivity index (χ4n) is 3.25. The molecular formula is C22H17NO5. The number of carbonyl (C=O) groups is 1. The number of amides is 1. The summed E-state index contributed by atoms with van der Waals surface area (Å²) >= 11 is 0. The van der Waals surface area contributed by atoms with E-state index in [0.29, 0.717) is 18.0 Å². The lowest BCUT2D eigenvalue weighted by Crippen LogP contribution is -2.28. The summed E-state index contributed by atoms with van der Waals surface area (Å²) in [5, 5.41) is 4.83. The maximum atomic E-state index is 12.1. The molecule has 0 fully saturated rings. The molecule has 5 rings (SSSR count). The second-order valence-corrected chi connectivity index (χ2v) is 6.51. The minimum atomic E-state index is -0.199. The largest absolute Gasteiger partial charge is 0.484 e. The first-order valence-electron chi connectivity index (χ1n) is 8.95. The van der Waals surface area contributed by atoms with Crippen LogP contribution < -0.4 is 19.5 Å². The van der Waals surface area contributed by atoms with E-state index in [1.165, 1.54) is 0 Å². The van der Waals surface area contributed by atoms with Crippen LogP contribution in [0, 0.1) is 0 Å². The van der Waals surface area contributed by atoms with E-state index in [0.717, 1.165) is 33.3 Å². The van der Waals surface area contributed by atoms with Gasteiger partial charge in [0.05, 0.1) is 0 Å². The van der Waals surface area contributed by atoms with Crippen LogP contribution in [-0.4, -0.2) is 19.3 Å². The van der Waals surface area contributed by atoms with Gasteiger partial charge in [0, 0.05) is 17.3 Å². The van der Waals surface area contributed by atoms with Crippen molar-refractivity contribution in [1.29, 1.82) is 0 Å². The Labute approximate surface area is 160 Å². The fourth-order valence-corrected chi connectivity index (χ4v) is 3.25. The number of hydrogen-bond donors (Lipinski definition) is 1. The highest BCUT2D eigenvalue weighted by atomic mass is 16.7. The van der Waals surface area contributed by atoms with Crippen molar-refractivity contribution in [3.63, 3.8) is 0 Å². The first kappa shape index (κ1) is 16.5. The Balaban J connectivity index is 1.22. The molecule has 0 radical (unpaired) electrons. The highest BCUT2D eigenvalue weighted by Crippen LogP contribution is 2.33. The average Bonchev–Trinajstić information content (AvgIpc) is 3.34. The molecule has 28 heavy (non-hydrogen) atoms. The summed E-state index contributed by atoms with van der Waals surface area (Å²) in [4.78, 5) is 12.1. The molecule has 0 saturated heterocycles. The number of rotatable bonds is 5. The van der Waals surface area contributed by atoms with Crippen molar-refractivity contribution in [3.05, 3.63) is 66.2 Å². The second-order valence-electron chi connectivity index (χ2n) is 6.51. The number of hydrogen-bond acceptors (Lipinski definition) is 5. The zero-order chi connectivity index (χ0) is 18.9. The van der Waals surface area contributed by atoms with Crippen molar-refractivity contribution in [2.75, 3.05) is 13.4 Å². The Morgan fingerprint density at radius 2 is 1.79 bits per heavy atom. The smallest absolute Gasteiger partial charge is 0.258 e. The lowest BCUT2D eigenvalue weighted by atomic mass is 10.1. The SMILES string of the molecule is O=C(COc1ccc2oc3ccccc3c2c1)NCc1ccc2c(c1)OCO2. The van der Waals surface area contributed by atoms with Crippen molar-refractivity contribution < 1.29 is 23.4 Å². The van der Waals surface area contributed by atoms with E-state index in [1.807, 2.05) is 54.6 Å². The maximum absolute atomic E-state index is 12.1. The molecule has 6 nitrogen and oxygen atoms in total. The first-order valence-corrected chi connectivity index (χ1v) is 8.95. The molecule has 0 saturated carbocycles. The molecule has 2 heterocycles. The zero-order valence-electron chi connectivity index (χ0n) is 14.9. The maximum Gasteiger partial charge on any atom is 0.258 e. The summed E-state index contributed by atoms with van der Waals surface area (Å²) in [6, 6.07) is 19.0. The fraction of sp³-hybridized carbons (Fsp3) is 0.136. The Morgan fingerprint density at radius 1 is 0.929 bits per heavy atom. The minimum absolute atomic E-state index is 0.0636. The number of carbonyl (C=O) groups excluding carboxylic acids is 1. The number of para-hydroxylation sites is 1. The minimum Gasteiger partial charge on any atom is -0.484 e. The van der Waals surface area contributed by atoms with Gasteiger partial charge < -0.3 is 23.9 Å². The van der Waals surface area contributed by atoms with Crippen molar-refractivity contribution in [2.24, 2.45) is 0 Å². The van der Waals surface area contributed by atoms with Gasteiger partial charge in [-0.25, -0.2) is 0 Å². The quantitative estimate of drug-likeness (QED) is 0.571. The van der Waals surface area contributed by atoms with Crippen LogP contribution in [0.15, 0.2) is 65.1 Å². The monoisotopic (exact) mass is 375 g/mol. The Kier molecular flexibility index (Phi) is 4.01. The van der Waals surface area contributed by atoms with Gasteiger partial charge in [-0.3, -0.25) is 4.79 Å². The lowest BCUT2D eigenvalue weighted by Gasteiger charge is -2.08. The molecule has 6 heteroatoms. The molecule has 3 aromatic carbocycles. The third-order valence-corrected chi connectivity index (χ3v) is 4.64. The number of furan rings is 1. The molecule has 4 aromatic rings. The van der Waals surface area contributed by atoms with E-state index < -0.39 is 0 Å². The zero-order valence-corrected chi connectivity index (χ0v) is 14.9. The van der Waals surface area contributed by atoms with E-state index in [9.17, 15) is 4.79 Å². The summed E-state index contributed by atoms with van der Waals surface area (Å²) in [5.41, 5.74) is 2.56. The molecule has 1 aliphatic rings. The first-order chi connectivity index (χ1) is 13.8. The van der Waals surface area contributed by atoms with E-state index in [1.54, 1.807) is 6.07 Å². The summed E-state index contributed by atoms with van der Waals surface area (Å²) in [7, 11) is 0. The van der Waals surface area contributed by atoms with Gasteiger partial charge in [-0.1, -0.05) is 24.3 Å². The van der Waals surface area contributed by atoms with Crippen molar-refractivity contribution in [1.82, 2.24) is 5.32 Å². The molecule has 140 valence electrons. The van der Waals surface area contributed by atoms with Crippen LogP contribution in [0.2, 0.25) is 0 Å². The van der Waals surface area contributed by atoms with Crippen LogP contribution in [0.4, 0.5) is 0 Å². The van der Waals surface area contributed by atoms with E-state index in [2.05, 4.69) is 5.32 Å². The molecule has 1 aromatic heterocycles. The third-order valence-electron chi connectivity index (χ3n) is 4.64. The van der Waals surface area contributed by atoms with Gasteiger partial charge in [0.2, 0.25) is 6.79 Å². The van der Waals surface area contributed by atoms with Gasteiger partial charge in [-0.2, -0.15) is 0 Å². The van der Waals surface area contributed by atoms with Gasteiger partial charge in [0.25, 0.3) is 5.91 Å². The predicted octanol–water partition coefficient (Wildman–Crippen LogP) is 4.01. The number of fused-ring (bicyclic) bond motifs is 4. The summed E-state index contributed by atoms with van der Waals surface area (Å²) in [5.74, 6) is 1.84. The molecule has 1 aliphatic heterocycles. The molecule has 1 amide bonds. The molecule has 0 atom stereocenters. The van der Waals surface area contributed by atoms with Crippen LogP contribution >= 0.6 is 0 Å². The van der Waals surface area contributed by atoms with E-state index in [-0.39, 0.29) is 19.3 Å². The number of ether oxygens (including phenoxy) is 3. The molecule has 0 aliphatic carbocycles. The summed E-state index contributed by atoms with van der Waals surface area (Å²) in [6.07, 6.45) is 0. The Hall–Kier alpha value is -3.67. The standard InChI is InChI=1S/C22H17NO5/c24-22(23-11-14-5-7-20-21(9-14)27-13-26-20)12-25-15-6-8-19-17(10-15)16-3-1-2-4-18(16)28-19/h1-10H,11-13H2,(H,23,24). The van der Waals surface area contributed by atoms with Gasteiger partial charge >= 0.3 is 0 Å². The highest BCUT2D eigenvalue weighted by molar-refractivity contribution is 6.05. The van der Waals surface area contributed by atoms with Gasteiger partial charge in [-0.05, 0) is 42.0 Å². The normalized spacial score (nSPS) is 12.4. The van der Waals surface area contributed by atoms with Gasteiger partial charge in [-0.15, -0.1) is 0 Å². The average molecular weight is 375 g/mol. The molecule has 1 N–H and O–H groups in total. The van der Waals surface area contributed by atoms with Crippen LogP contribution in [0.5, 0.6) is 17.2 Å². The molecule has 0 spiro atoms. The van der Waals surface area contributed by atoms with Crippen molar-refractivity contribution >= 4 is 27.8 Å². The lowest BCUT2D eigenvalue weighted by molar-refractivity contribution is -0.123. The van der Waals surface area contributed by atoms with Crippen LogP contribution in [0.1, 0.15) is 5.56 Å². The Bertz CT molecular complexity index is 1180. The number of benzene rings is 3. The van der Waals surface area contributed by atoms with Crippen LogP contribution in [-0.2, 0) is 11.3 Å². The summed E-state index contributed by atoms with van der Waals surface area (Å²) < 4.78 is 22.1. The second kappa shape index (κ2) is 6.81.